The lowest BCUT2D eigenvalue weighted by Gasteiger charge is -2.31. The number of primary amides is 1. The van der Waals surface area contributed by atoms with Gasteiger partial charge in [0, 0.05) is 45.4 Å². The molecule has 32 N–H and O–H groups in total. The number of nitrogens with two attached hydrogens (primary N) is 5. The number of aliphatic hydroxyl groups is 2. The zero-order valence-electron chi connectivity index (χ0n) is 58.4. The molecular formula is C60H104N22O22. The van der Waals surface area contributed by atoms with E-state index in [1.807, 2.05) is 5.32 Å². The summed E-state index contributed by atoms with van der Waals surface area (Å²) in [4.78, 5) is 213. The number of hydrogen-bond donors (Lipinski definition) is 27. The number of rotatable bonds is 51. The van der Waals surface area contributed by atoms with Gasteiger partial charge in [0.25, 0.3) is 0 Å². The molecule has 44 heteroatoms. The lowest BCUT2D eigenvalue weighted by Crippen LogP contribution is -2.61. The van der Waals surface area contributed by atoms with Gasteiger partial charge in [-0.1, -0.05) is 27.7 Å². The second kappa shape index (κ2) is 47.4. The average Bonchev–Trinajstić information content (AvgIpc) is 1.60. The Labute approximate surface area is 597 Å². The highest BCUT2D eigenvalue weighted by atomic mass is 16.4. The first-order chi connectivity index (χ1) is 48.7. The zero-order chi connectivity index (χ0) is 79.1. The number of carboxylic acids is 4. The number of likely N-dealkylation sites (tertiary alicyclic amines) is 1. The van der Waals surface area contributed by atoms with Gasteiger partial charge in [-0.25, -0.2) is 4.79 Å². The van der Waals surface area contributed by atoms with Crippen molar-refractivity contribution >= 4 is 113 Å². The summed E-state index contributed by atoms with van der Waals surface area (Å²) in [5, 5.41) is 112. The monoisotopic (exact) mass is 1480 g/mol. The van der Waals surface area contributed by atoms with Crippen LogP contribution in [0.25, 0.3) is 0 Å². The largest absolute Gasteiger partial charge is 0.481 e. The molecule has 12 atom stereocenters. The fourth-order valence-electron chi connectivity index (χ4n) is 10.3. The van der Waals surface area contributed by atoms with Gasteiger partial charge >= 0.3 is 23.9 Å². The van der Waals surface area contributed by atoms with Crippen LogP contribution < -0.4 is 97.8 Å². The van der Waals surface area contributed by atoms with Crippen LogP contribution >= 0.6 is 0 Å². The molecule has 104 heavy (non-hydrogen) atoms. The van der Waals surface area contributed by atoms with Crippen molar-refractivity contribution in [1.29, 1.82) is 16.2 Å². The van der Waals surface area contributed by atoms with Crippen molar-refractivity contribution in [3.05, 3.63) is 0 Å². The van der Waals surface area contributed by atoms with Gasteiger partial charge in [0.1, 0.15) is 66.5 Å². The van der Waals surface area contributed by atoms with Crippen molar-refractivity contribution in [3.8, 4) is 0 Å². The molecule has 0 bridgehead atoms. The van der Waals surface area contributed by atoms with E-state index in [0.29, 0.717) is 0 Å². The highest BCUT2D eigenvalue weighted by Gasteiger charge is 2.41. The van der Waals surface area contributed by atoms with E-state index in [-0.39, 0.29) is 103 Å². The van der Waals surface area contributed by atoms with Crippen LogP contribution in [-0.4, -0.2) is 260 Å². The molecule has 0 saturated carbocycles. The third kappa shape index (κ3) is 36.2. The van der Waals surface area contributed by atoms with Gasteiger partial charge in [-0.3, -0.25) is 88.1 Å². The van der Waals surface area contributed by atoms with Crippen molar-refractivity contribution in [2.75, 3.05) is 39.4 Å². The smallest absolute Gasteiger partial charge is 0.326 e. The van der Waals surface area contributed by atoms with E-state index in [4.69, 9.17) is 50.0 Å². The maximum atomic E-state index is 14.7. The summed E-state index contributed by atoms with van der Waals surface area (Å²) in [6.07, 6.45) is -5.28. The Kier molecular flexibility index (Phi) is 41.6. The molecule has 1 aliphatic heterocycles. The van der Waals surface area contributed by atoms with Crippen LogP contribution in [0.1, 0.15) is 137 Å². The molecule has 0 aromatic rings. The Bertz CT molecular complexity index is 3030. The van der Waals surface area contributed by atoms with Crippen molar-refractivity contribution in [2.45, 2.75) is 209 Å². The maximum absolute atomic E-state index is 14.7. The van der Waals surface area contributed by atoms with Gasteiger partial charge in [0.2, 0.25) is 70.9 Å². The number of nitrogens with one attached hydrogen (secondary N) is 16. The molecule has 0 unspecified atom stereocenters. The van der Waals surface area contributed by atoms with Gasteiger partial charge in [-0.2, -0.15) is 0 Å². The molecule has 1 fully saturated rings. The van der Waals surface area contributed by atoms with Crippen LogP contribution in [0.3, 0.4) is 0 Å². The number of guanidine groups is 3. The lowest BCUT2D eigenvalue weighted by molar-refractivity contribution is -0.144. The van der Waals surface area contributed by atoms with Crippen LogP contribution in [0.4, 0.5) is 0 Å². The normalized spacial score (nSPS) is 15.6. The first-order valence-electron chi connectivity index (χ1n) is 33.4. The molecule has 1 rings (SSSR count). The predicted molar refractivity (Wildman–Crippen MR) is 365 cm³/mol. The number of carboxylic acid groups (broad SMARTS) is 4. The topological polar surface area (TPSA) is 756 Å². The maximum Gasteiger partial charge on any atom is 0.326 e. The van der Waals surface area contributed by atoms with E-state index in [0.717, 1.165) is 4.90 Å². The van der Waals surface area contributed by atoms with Gasteiger partial charge in [0.15, 0.2) is 17.9 Å². The average molecular weight is 1490 g/mol. The minimum absolute atomic E-state index is 0.00466. The third-order valence-electron chi connectivity index (χ3n) is 15.6. The van der Waals surface area contributed by atoms with Crippen molar-refractivity contribution in [1.82, 2.24) is 74.0 Å². The standard InChI is InChI=1S/C60H104N22O22/c1-28(2)23-36(77-46(92)30(61)13-16-42(62)85)50(96)72-32(10-6-20-70-59(65)66)48(94)75-34(11-7-21-71-60(67)68)56(102)82-22-8-12-41(82)55(101)81-40(27-84)54(100)79-38(25-45(90)91)52(98)73-31(9-5-19-69-58(63)64)47(93)74-33(14-17-43(86)87)49(95)78-37(24-29(3)4)51(97)80-39(26-83)53(99)76-35(57(103)104)15-18-44(88)89/h28-41,83-84H,5-27,61H2,1-4H3,(H2,62,85)(H,72,96)(H,73,98)(H,74,93)(H,75,94)(H,76,99)(H,77,92)(H,78,95)(H,79,100)(H,80,97)(H,81,101)(H,86,87)(H,88,89)(H,90,91)(H,103,104)(H4,63,64,69)(H4,65,66,70)(H4,67,68,71)/t30-,31-,32-,33-,34-,35-,36-,37-,38-,39-,40-,41-/m0/s1. The molecular weight excluding hydrogens is 1380 g/mol. The molecule has 0 aromatic carbocycles. The number of hydrogen-bond acceptors (Lipinski definition) is 22. The Morgan fingerprint density at radius 2 is 0.750 bits per heavy atom. The van der Waals surface area contributed by atoms with E-state index in [2.05, 4.69) is 63.8 Å². The van der Waals surface area contributed by atoms with Gasteiger partial charge in [0.05, 0.1) is 25.7 Å². The van der Waals surface area contributed by atoms with E-state index in [1.54, 1.807) is 27.7 Å². The summed E-state index contributed by atoms with van der Waals surface area (Å²) in [7, 11) is 0. The van der Waals surface area contributed by atoms with Crippen LogP contribution in [0, 0.1) is 28.1 Å². The first kappa shape index (κ1) is 91.2. The molecule has 0 radical (unpaired) electrons. The number of aliphatic hydroxyl groups excluding tert-OH is 2. The minimum Gasteiger partial charge on any atom is -0.481 e. The van der Waals surface area contributed by atoms with Crippen LogP contribution in [0.5, 0.6) is 0 Å². The summed E-state index contributed by atoms with van der Waals surface area (Å²) in [6, 6.07) is -20.0. The molecule has 0 spiro atoms. The van der Waals surface area contributed by atoms with Gasteiger partial charge in [-0.15, -0.1) is 0 Å². The van der Waals surface area contributed by atoms with E-state index in [1.165, 1.54) is 0 Å². The summed E-state index contributed by atoms with van der Waals surface area (Å²) < 4.78 is 0. The summed E-state index contributed by atoms with van der Waals surface area (Å²) >= 11 is 0. The van der Waals surface area contributed by atoms with E-state index < -0.39 is 243 Å². The summed E-state index contributed by atoms with van der Waals surface area (Å²) in [5.74, 6) is -21.2. The first-order valence-corrected chi connectivity index (χ1v) is 33.4. The zero-order valence-corrected chi connectivity index (χ0v) is 58.4. The number of carbonyl (C=O) groups is 16. The predicted octanol–water partition coefficient (Wildman–Crippen LogP) is -9.43. The molecule has 0 aromatic heterocycles. The highest BCUT2D eigenvalue weighted by Crippen LogP contribution is 2.21. The van der Waals surface area contributed by atoms with Crippen LogP contribution in [-0.2, 0) is 76.7 Å². The second-order valence-corrected chi connectivity index (χ2v) is 25.3. The van der Waals surface area contributed by atoms with Crippen molar-refractivity contribution < 1.29 is 107 Å². The van der Waals surface area contributed by atoms with Gasteiger partial charge < -0.3 is 133 Å². The summed E-state index contributed by atoms with van der Waals surface area (Å²) in [5.41, 5.74) is 27.5. The fourth-order valence-corrected chi connectivity index (χ4v) is 10.3. The van der Waals surface area contributed by atoms with E-state index >= 15 is 0 Å². The number of amides is 12. The molecule has 0 aliphatic carbocycles. The molecule has 1 saturated heterocycles. The second-order valence-electron chi connectivity index (χ2n) is 25.3. The van der Waals surface area contributed by atoms with Crippen LogP contribution in [0.2, 0.25) is 0 Å². The SMILES string of the molecule is CC(C)C[C@H](NC(=O)[C@H](CCC(=O)O)NC(=O)[C@H](CCCNC(=N)N)NC(=O)[C@H](CC(=O)O)NC(=O)[C@H](CO)NC(=O)[C@@H]1CCCN1C(=O)[C@H](CCCNC(=N)N)NC(=O)[C@H](CCCNC(=N)N)NC(=O)[C@H](CC(C)C)NC(=O)[C@@H](N)CCC(N)=O)C(=O)N[C@@H](CO)C(=O)N[C@@H](CCC(=O)O)C(=O)O. The van der Waals surface area contributed by atoms with E-state index in [9.17, 15) is 102 Å². The number of aliphatic carboxylic acids is 4. The Balaban J connectivity index is 3.66. The van der Waals surface area contributed by atoms with Crippen molar-refractivity contribution in [3.63, 3.8) is 0 Å². The molecule has 586 valence electrons. The van der Waals surface area contributed by atoms with Gasteiger partial charge in [-0.05, 0) is 95.3 Å². The third-order valence-corrected chi connectivity index (χ3v) is 15.6. The highest BCUT2D eigenvalue weighted by molar-refractivity contribution is 6.00. The Hall–Kier alpha value is -10.8. The number of nitrogens with zero attached hydrogens (tertiary/aromatic N) is 1. The molecule has 1 aliphatic rings. The molecule has 1 heterocycles. The molecule has 44 nitrogen and oxygen atoms in total. The summed E-state index contributed by atoms with van der Waals surface area (Å²) in [6.45, 7) is 4.07. The molecule has 12 amide bonds. The quantitative estimate of drug-likeness (QED) is 0.0153. The minimum atomic E-state index is -2.15. The Morgan fingerprint density at radius 3 is 1.14 bits per heavy atom. The Morgan fingerprint density at radius 1 is 0.413 bits per heavy atom. The van der Waals surface area contributed by atoms with Crippen molar-refractivity contribution in [2.24, 2.45) is 40.5 Å². The number of carbonyl (C=O) groups excluding carboxylic acids is 12. The van der Waals surface area contributed by atoms with Crippen LogP contribution in [0.15, 0.2) is 0 Å². The lowest BCUT2D eigenvalue weighted by atomic mass is 10.0. The fraction of sp³-hybridized carbons (Fsp3) is 0.683.